The summed E-state index contributed by atoms with van der Waals surface area (Å²) in [4.78, 5) is 40.9. The molecule has 0 aliphatic rings. The lowest BCUT2D eigenvalue weighted by Gasteiger charge is -2.22. The van der Waals surface area contributed by atoms with Crippen LogP contribution in [0.15, 0.2) is 96.4 Å². The van der Waals surface area contributed by atoms with Gasteiger partial charge in [0.25, 0.3) is 5.91 Å². The molecule has 0 fully saturated rings. The minimum atomic E-state index is -0.304. The molecule has 0 bridgehead atoms. The fourth-order valence-electron chi connectivity index (χ4n) is 3.65. The molecule has 1 N–H and O–H groups in total. The Morgan fingerprint density at radius 2 is 1.35 bits per heavy atom. The molecular formula is C28H24N2O3S. The molecule has 1 aromatic heterocycles. The smallest absolute Gasteiger partial charge is 0.265 e. The number of amides is 3. The van der Waals surface area contributed by atoms with Gasteiger partial charge in [-0.05, 0) is 53.3 Å². The summed E-state index contributed by atoms with van der Waals surface area (Å²) in [6, 6.07) is 27.5. The molecule has 4 aromatic rings. The molecule has 3 amide bonds. The van der Waals surface area contributed by atoms with Gasteiger partial charge in [0, 0.05) is 5.69 Å². The van der Waals surface area contributed by atoms with Gasteiger partial charge >= 0.3 is 0 Å². The van der Waals surface area contributed by atoms with Crippen LogP contribution >= 0.6 is 11.3 Å². The Bertz CT molecular complexity index is 1230. The van der Waals surface area contributed by atoms with Crippen molar-refractivity contribution in [1.82, 2.24) is 0 Å². The maximum absolute atomic E-state index is 13.3. The zero-order valence-electron chi connectivity index (χ0n) is 18.7. The lowest BCUT2D eigenvalue weighted by Crippen LogP contribution is -2.39. The third-order valence-electron chi connectivity index (χ3n) is 5.36. The molecule has 0 spiro atoms. The first-order chi connectivity index (χ1) is 16.5. The van der Waals surface area contributed by atoms with Crippen molar-refractivity contribution < 1.29 is 14.4 Å². The lowest BCUT2D eigenvalue weighted by atomic mass is 10.1. The van der Waals surface area contributed by atoms with Crippen LogP contribution in [-0.2, 0) is 22.4 Å². The van der Waals surface area contributed by atoms with Crippen molar-refractivity contribution in [2.75, 3.05) is 10.2 Å². The number of thiophene rings is 1. The van der Waals surface area contributed by atoms with Gasteiger partial charge in [0.05, 0.1) is 23.4 Å². The van der Waals surface area contributed by atoms with Crippen LogP contribution in [0.3, 0.4) is 0 Å². The third-order valence-corrected chi connectivity index (χ3v) is 6.23. The summed E-state index contributed by atoms with van der Waals surface area (Å²) in [5.74, 6) is -0.799. The van der Waals surface area contributed by atoms with Crippen molar-refractivity contribution in [2.45, 2.75) is 19.8 Å². The highest BCUT2D eigenvalue weighted by Gasteiger charge is 2.24. The second kappa shape index (κ2) is 10.7. The number of nitrogens with zero attached hydrogens (tertiary/aromatic N) is 1. The fourth-order valence-corrected chi connectivity index (χ4v) is 4.26. The highest BCUT2D eigenvalue weighted by Crippen LogP contribution is 2.25. The molecule has 34 heavy (non-hydrogen) atoms. The van der Waals surface area contributed by atoms with E-state index >= 15 is 0 Å². The van der Waals surface area contributed by atoms with Crippen LogP contribution in [0.25, 0.3) is 0 Å². The predicted octanol–water partition coefficient (Wildman–Crippen LogP) is 5.65. The van der Waals surface area contributed by atoms with Crippen molar-refractivity contribution in [3.05, 3.63) is 118 Å². The first-order valence-electron chi connectivity index (χ1n) is 10.9. The Kier molecular flexibility index (Phi) is 7.30. The number of carbonyl (C=O) groups excluding carboxylic acids is 3. The quantitative estimate of drug-likeness (QED) is 0.381. The maximum atomic E-state index is 13.3. The molecule has 0 saturated heterocycles. The van der Waals surface area contributed by atoms with Gasteiger partial charge in [0.2, 0.25) is 11.8 Å². The molecule has 4 rings (SSSR count). The molecule has 0 aliphatic carbocycles. The minimum absolute atomic E-state index is 0.108. The molecule has 0 radical (unpaired) electrons. The standard InChI is InChI=1S/C28H24N2O3S/c1-20-17-23(14-15-24(20)29-28(33)25-13-8-16-34-25)30(26(31)18-21-9-4-2-5-10-21)27(32)19-22-11-6-3-7-12-22/h2-17H,18-19H2,1H3,(H,29,33). The van der Waals surface area contributed by atoms with E-state index in [1.54, 1.807) is 24.3 Å². The third kappa shape index (κ3) is 5.66. The minimum Gasteiger partial charge on any atom is -0.321 e. The van der Waals surface area contributed by atoms with Gasteiger partial charge in [0.1, 0.15) is 0 Å². The van der Waals surface area contributed by atoms with Crippen LogP contribution in [0.4, 0.5) is 11.4 Å². The Labute approximate surface area is 202 Å². The summed E-state index contributed by atoms with van der Waals surface area (Å²) < 4.78 is 0. The molecule has 0 atom stereocenters. The summed E-state index contributed by atoms with van der Waals surface area (Å²) in [5, 5.41) is 4.75. The molecule has 6 heteroatoms. The van der Waals surface area contributed by atoms with Crippen LogP contribution in [0.1, 0.15) is 26.4 Å². The predicted molar refractivity (Wildman–Crippen MR) is 136 cm³/mol. The highest BCUT2D eigenvalue weighted by molar-refractivity contribution is 7.12. The number of hydrogen-bond acceptors (Lipinski definition) is 4. The average Bonchev–Trinajstić information content (AvgIpc) is 3.37. The molecule has 170 valence electrons. The van der Waals surface area contributed by atoms with E-state index in [-0.39, 0.29) is 30.6 Å². The molecule has 3 aromatic carbocycles. The van der Waals surface area contributed by atoms with Crippen molar-refractivity contribution in [2.24, 2.45) is 0 Å². The Morgan fingerprint density at radius 3 is 1.85 bits per heavy atom. The van der Waals surface area contributed by atoms with Crippen LogP contribution in [0.5, 0.6) is 0 Å². The number of carbonyl (C=O) groups is 3. The summed E-state index contributed by atoms with van der Waals surface area (Å²) in [5.41, 5.74) is 3.54. The Hall–Kier alpha value is -4.03. The molecule has 1 heterocycles. The topological polar surface area (TPSA) is 66.5 Å². The van der Waals surface area contributed by atoms with E-state index in [1.807, 2.05) is 79.0 Å². The number of benzene rings is 3. The number of hydrogen-bond donors (Lipinski definition) is 1. The second-order valence-corrected chi connectivity index (χ2v) is 8.83. The number of anilines is 2. The van der Waals surface area contributed by atoms with E-state index in [9.17, 15) is 14.4 Å². The van der Waals surface area contributed by atoms with E-state index in [4.69, 9.17) is 0 Å². The first kappa shape index (κ1) is 23.1. The van der Waals surface area contributed by atoms with Crippen LogP contribution in [-0.4, -0.2) is 17.7 Å². The van der Waals surface area contributed by atoms with Gasteiger partial charge in [0.15, 0.2) is 0 Å². The van der Waals surface area contributed by atoms with Gasteiger partial charge in [-0.15, -0.1) is 11.3 Å². The van der Waals surface area contributed by atoms with E-state index in [2.05, 4.69) is 5.32 Å². The van der Waals surface area contributed by atoms with Gasteiger partial charge in [-0.25, -0.2) is 4.90 Å². The van der Waals surface area contributed by atoms with Gasteiger partial charge in [-0.1, -0.05) is 66.7 Å². The largest absolute Gasteiger partial charge is 0.321 e. The lowest BCUT2D eigenvalue weighted by molar-refractivity contribution is -0.125. The highest BCUT2D eigenvalue weighted by atomic mass is 32.1. The van der Waals surface area contributed by atoms with Crippen LogP contribution in [0, 0.1) is 6.92 Å². The molecular weight excluding hydrogens is 444 g/mol. The fraction of sp³-hybridized carbons (Fsp3) is 0.107. The number of rotatable bonds is 7. The number of aryl methyl sites for hydroxylation is 1. The Balaban J connectivity index is 1.60. The number of nitrogens with one attached hydrogen (secondary N) is 1. The summed E-state index contributed by atoms with van der Waals surface area (Å²) in [6.07, 6.45) is 0.217. The van der Waals surface area contributed by atoms with E-state index < -0.39 is 0 Å². The average molecular weight is 469 g/mol. The second-order valence-electron chi connectivity index (χ2n) is 7.88. The molecule has 0 aliphatic heterocycles. The SMILES string of the molecule is Cc1cc(N(C(=O)Cc2ccccc2)C(=O)Cc2ccccc2)ccc1NC(=O)c1cccs1. The van der Waals surface area contributed by atoms with Crippen molar-refractivity contribution in [1.29, 1.82) is 0 Å². The number of imide groups is 1. The van der Waals surface area contributed by atoms with Crippen molar-refractivity contribution >= 4 is 40.4 Å². The van der Waals surface area contributed by atoms with Crippen molar-refractivity contribution in [3.8, 4) is 0 Å². The van der Waals surface area contributed by atoms with Gasteiger partial charge in [-0.2, -0.15) is 0 Å². The zero-order chi connectivity index (χ0) is 23.9. The molecule has 0 unspecified atom stereocenters. The summed E-state index contributed by atoms with van der Waals surface area (Å²) in [6.45, 7) is 1.84. The first-order valence-corrected chi connectivity index (χ1v) is 11.8. The van der Waals surface area contributed by atoms with Crippen LogP contribution in [0.2, 0.25) is 0 Å². The van der Waals surface area contributed by atoms with E-state index in [0.29, 0.717) is 16.3 Å². The summed E-state index contributed by atoms with van der Waals surface area (Å²) >= 11 is 1.36. The molecule has 0 saturated carbocycles. The zero-order valence-corrected chi connectivity index (χ0v) is 19.5. The monoisotopic (exact) mass is 468 g/mol. The normalized spacial score (nSPS) is 10.5. The van der Waals surface area contributed by atoms with E-state index in [0.717, 1.165) is 16.7 Å². The van der Waals surface area contributed by atoms with E-state index in [1.165, 1.54) is 16.2 Å². The van der Waals surface area contributed by atoms with Gasteiger partial charge < -0.3 is 5.32 Å². The maximum Gasteiger partial charge on any atom is 0.265 e. The van der Waals surface area contributed by atoms with Crippen LogP contribution < -0.4 is 10.2 Å². The van der Waals surface area contributed by atoms with Gasteiger partial charge in [-0.3, -0.25) is 14.4 Å². The Morgan fingerprint density at radius 1 is 0.765 bits per heavy atom. The van der Waals surface area contributed by atoms with Crippen molar-refractivity contribution in [3.63, 3.8) is 0 Å². The molecule has 5 nitrogen and oxygen atoms in total. The summed E-state index contributed by atoms with van der Waals surface area (Å²) in [7, 11) is 0.